The first-order valence-electron chi connectivity index (χ1n) is 6.47. The van der Waals surface area contributed by atoms with Gasteiger partial charge in [0.2, 0.25) is 0 Å². The van der Waals surface area contributed by atoms with Gasteiger partial charge in [-0.25, -0.2) is 4.39 Å². The highest BCUT2D eigenvalue weighted by Gasteiger charge is 2.14. The molecule has 1 heterocycles. The molecule has 5 nitrogen and oxygen atoms in total. The van der Waals surface area contributed by atoms with Gasteiger partial charge in [0, 0.05) is 11.3 Å². The van der Waals surface area contributed by atoms with E-state index in [1.165, 1.54) is 10.7 Å². The quantitative estimate of drug-likeness (QED) is 0.734. The zero-order valence-corrected chi connectivity index (χ0v) is 11.7. The Balaban J connectivity index is 2.14. The van der Waals surface area contributed by atoms with E-state index in [9.17, 15) is 4.39 Å². The highest BCUT2D eigenvalue weighted by Crippen LogP contribution is 2.24. The molecule has 2 N–H and O–H groups in total. The van der Waals surface area contributed by atoms with Crippen LogP contribution < -0.4 is 5.73 Å². The summed E-state index contributed by atoms with van der Waals surface area (Å²) in [6.07, 6.45) is 0. The van der Waals surface area contributed by atoms with E-state index < -0.39 is 0 Å². The van der Waals surface area contributed by atoms with E-state index in [2.05, 4.69) is 15.5 Å². The van der Waals surface area contributed by atoms with Gasteiger partial charge in [-0.3, -0.25) is 0 Å². The van der Waals surface area contributed by atoms with Crippen LogP contribution in [0.3, 0.4) is 0 Å². The largest absolute Gasteiger partial charge is 0.398 e. The molecule has 0 aliphatic heterocycles. The van der Waals surface area contributed by atoms with Gasteiger partial charge in [0.1, 0.15) is 11.5 Å². The summed E-state index contributed by atoms with van der Waals surface area (Å²) in [5.41, 5.74) is 9.41. The predicted octanol–water partition coefficient (Wildman–Crippen LogP) is 2.67. The maximum Gasteiger partial charge on any atom is 0.187 e. The monoisotopic (exact) mass is 283 g/mol. The first kappa shape index (κ1) is 13.2. The van der Waals surface area contributed by atoms with E-state index in [1.54, 1.807) is 12.1 Å². The zero-order chi connectivity index (χ0) is 15.0. The number of benzene rings is 2. The lowest BCUT2D eigenvalue weighted by Crippen LogP contribution is -2.03. The molecule has 0 atom stereocenters. The first-order chi connectivity index (χ1) is 10.1. The van der Waals surface area contributed by atoms with Gasteiger partial charge < -0.3 is 5.73 Å². The Morgan fingerprint density at radius 2 is 1.90 bits per heavy atom. The number of rotatable bonds is 2. The molecule has 106 valence electrons. The molecule has 0 aliphatic rings. The van der Waals surface area contributed by atoms with E-state index >= 15 is 0 Å². The van der Waals surface area contributed by atoms with E-state index in [-0.39, 0.29) is 5.82 Å². The molecule has 0 spiro atoms. The standard InChI is InChI=1S/C15H14FN5/c1-9-3-6-14(12(16)7-9)21-15(18-19-20-21)11-5-4-10(2)13(17)8-11/h3-8H,17H2,1-2H3. The third-order valence-corrected chi connectivity index (χ3v) is 3.34. The molecule has 0 radical (unpaired) electrons. The predicted molar refractivity (Wildman–Crippen MR) is 78.4 cm³/mol. The topological polar surface area (TPSA) is 69.6 Å². The number of aromatic nitrogens is 4. The van der Waals surface area contributed by atoms with Crippen molar-refractivity contribution in [1.29, 1.82) is 0 Å². The van der Waals surface area contributed by atoms with Crippen LogP contribution in [0.25, 0.3) is 17.1 Å². The Morgan fingerprint density at radius 1 is 1.10 bits per heavy atom. The second-order valence-electron chi connectivity index (χ2n) is 4.94. The van der Waals surface area contributed by atoms with Gasteiger partial charge >= 0.3 is 0 Å². The van der Waals surface area contributed by atoms with Gasteiger partial charge in [-0.1, -0.05) is 18.2 Å². The Kier molecular flexibility index (Phi) is 3.13. The number of nitrogen functional groups attached to an aromatic ring is 1. The van der Waals surface area contributed by atoms with Crippen molar-refractivity contribution in [1.82, 2.24) is 20.2 Å². The molecule has 1 aromatic heterocycles. The van der Waals surface area contributed by atoms with Gasteiger partial charge in [-0.05, 0) is 53.6 Å². The van der Waals surface area contributed by atoms with E-state index in [4.69, 9.17) is 5.73 Å². The molecule has 3 rings (SSSR count). The molecule has 0 unspecified atom stereocenters. The molecule has 0 amide bonds. The molecule has 2 aromatic carbocycles. The Bertz CT molecular complexity index is 810. The van der Waals surface area contributed by atoms with Gasteiger partial charge in [0.15, 0.2) is 5.82 Å². The molecule has 3 aromatic rings. The molecule has 0 aliphatic carbocycles. The fourth-order valence-electron chi connectivity index (χ4n) is 2.09. The molecular weight excluding hydrogens is 269 g/mol. The maximum atomic E-state index is 14.1. The van der Waals surface area contributed by atoms with Crippen LogP contribution >= 0.6 is 0 Å². The average Bonchev–Trinajstić information content (AvgIpc) is 2.91. The van der Waals surface area contributed by atoms with Crippen LogP contribution in [0.2, 0.25) is 0 Å². The van der Waals surface area contributed by atoms with Gasteiger partial charge in [0.05, 0.1) is 0 Å². The summed E-state index contributed by atoms with van der Waals surface area (Å²) < 4.78 is 15.5. The summed E-state index contributed by atoms with van der Waals surface area (Å²) in [7, 11) is 0. The summed E-state index contributed by atoms with van der Waals surface area (Å²) >= 11 is 0. The van der Waals surface area contributed by atoms with Crippen molar-refractivity contribution in [2.75, 3.05) is 5.73 Å². The number of hydrogen-bond donors (Lipinski definition) is 1. The molecular formula is C15H14FN5. The lowest BCUT2D eigenvalue weighted by molar-refractivity contribution is 0.606. The minimum Gasteiger partial charge on any atom is -0.398 e. The number of anilines is 1. The number of aryl methyl sites for hydroxylation is 2. The van der Waals surface area contributed by atoms with Crippen LogP contribution in [0, 0.1) is 19.7 Å². The zero-order valence-electron chi connectivity index (χ0n) is 11.7. The Hall–Kier alpha value is -2.76. The van der Waals surface area contributed by atoms with Crippen LogP contribution in [0.4, 0.5) is 10.1 Å². The van der Waals surface area contributed by atoms with Gasteiger partial charge in [0.25, 0.3) is 0 Å². The molecule has 0 saturated carbocycles. The van der Waals surface area contributed by atoms with Crippen LogP contribution in [-0.2, 0) is 0 Å². The van der Waals surface area contributed by atoms with Crippen molar-refractivity contribution < 1.29 is 4.39 Å². The van der Waals surface area contributed by atoms with Gasteiger partial charge in [-0.15, -0.1) is 5.10 Å². The number of nitrogens with two attached hydrogens (primary N) is 1. The van der Waals surface area contributed by atoms with Crippen molar-refractivity contribution in [3.63, 3.8) is 0 Å². The Labute approximate surface area is 121 Å². The smallest absolute Gasteiger partial charge is 0.187 e. The minimum absolute atomic E-state index is 0.305. The summed E-state index contributed by atoms with van der Waals surface area (Å²) in [5, 5.41) is 11.5. The second kappa shape index (κ2) is 4.97. The van der Waals surface area contributed by atoms with E-state index in [0.29, 0.717) is 17.2 Å². The van der Waals surface area contributed by atoms with Crippen molar-refractivity contribution >= 4 is 5.69 Å². The summed E-state index contributed by atoms with van der Waals surface area (Å²) in [6, 6.07) is 10.4. The number of tetrazole rings is 1. The third-order valence-electron chi connectivity index (χ3n) is 3.34. The number of nitrogens with zero attached hydrogens (tertiary/aromatic N) is 4. The van der Waals surface area contributed by atoms with Crippen molar-refractivity contribution in [3.8, 4) is 17.1 Å². The molecule has 6 heteroatoms. The SMILES string of the molecule is Cc1ccc(-n2nnnc2-c2ccc(C)c(N)c2)c(F)c1. The summed E-state index contributed by atoms with van der Waals surface area (Å²) in [6.45, 7) is 3.75. The molecule has 0 bridgehead atoms. The molecule has 21 heavy (non-hydrogen) atoms. The highest BCUT2D eigenvalue weighted by atomic mass is 19.1. The summed E-state index contributed by atoms with van der Waals surface area (Å²) in [4.78, 5) is 0. The van der Waals surface area contributed by atoms with Crippen molar-refractivity contribution in [2.24, 2.45) is 0 Å². The molecule has 0 saturated heterocycles. The summed E-state index contributed by atoms with van der Waals surface area (Å²) in [5.74, 6) is 0.0769. The highest BCUT2D eigenvalue weighted by molar-refractivity contribution is 5.64. The van der Waals surface area contributed by atoms with E-state index in [1.807, 2.05) is 32.0 Å². The normalized spacial score (nSPS) is 10.8. The first-order valence-corrected chi connectivity index (χ1v) is 6.47. The maximum absolute atomic E-state index is 14.1. The fourth-order valence-corrected chi connectivity index (χ4v) is 2.09. The third kappa shape index (κ3) is 2.35. The van der Waals surface area contributed by atoms with E-state index in [0.717, 1.165) is 16.7 Å². The number of hydrogen-bond acceptors (Lipinski definition) is 4. The molecule has 0 fully saturated rings. The van der Waals surface area contributed by atoms with Crippen LogP contribution in [0.5, 0.6) is 0 Å². The van der Waals surface area contributed by atoms with Crippen LogP contribution in [0.15, 0.2) is 36.4 Å². The van der Waals surface area contributed by atoms with Crippen LogP contribution in [0.1, 0.15) is 11.1 Å². The van der Waals surface area contributed by atoms with Crippen LogP contribution in [-0.4, -0.2) is 20.2 Å². The lowest BCUT2D eigenvalue weighted by atomic mass is 10.1. The number of halogens is 1. The second-order valence-corrected chi connectivity index (χ2v) is 4.94. The average molecular weight is 283 g/mol. The van der Waals surface area contributed by atoms with Gasteiger partial charge in [-0.2, -0.15) is 4.68 Å². The van der Waals surface area contributed by atoms with Crippen molar-refractivity contribution in [3.05, 3.63) is 53.3 Å². The fraction of sp³-hybridized carbons (Fsp3) is 0.133. The Morgan fingerprint density at radius 3 is 2.62 bits per heavy atom. The lowest BCUT2D eigenvalue weighted by Gasteiger charge is -2.08. The minimum atomic E-state index is -0.372. The van der Waals surface area contributed by atoms with Crippen molar-refractivity contribution in [2.45, 2.75) is 13.8 Å².